The Morgan fingerprint density at radius 1 is 0.878 bits per heavy atom. The summed E-state index contributed by atoms with van der Waals surface area (Å²) in [6.45, 7) is 24.1. The van der Waals surface area contributed by atoms with Crippen LogP contribution in [0.3, 0.4) is 0 Å². The van der Waals surface area contributed by atoms with Gasteiger partial charge in [0.25, 0.3) is 0 Å². The maximum atomic E-state index is 13.8. The molecule has 0 atom stereocenters. The summed E-state index contributed by atoms with van der Waals surface area (Å²) in [7, 11) is 7.15. The number of halogens is 3. The third kappa shape index (κ3) is 23.2. The molecule has 0 saturated heterocycles. The lowest BCUT2D eigenvalue weighted by molar-refractivity contribution is 0.306. The van der Waals surface area contributed by atoms with Gasteiger partial charge in [0.05, 0.1) is 20.8 Å². The molecule has 276 valence electrons. The number of nitrogens with one attached hydrogen (secondary N) is 1. The third-order valence-electron chi connectivity index (χ3n) is 5.85. The molecular formula is C40H61F3N2O3S. The molecule has 0 amide bonds. The van der Waals surface area contributed by atoms with E-state index in [0.29, 0.717) is 6.61 Å². The van der Waals surface area contributed by atoms with Crippen LogP contribution in [0, 0.1) is 17.5 Å². The quantitative estimate of drug-likeness (QED) is 0.149. The molecular weight excluding hydrogens is 646 g/mol. The molecule has 0 aliphatic heterocycles. The standard InChI is InChI=1S/C14H19F2NOS.C13H19NO2.C6H5F.C3H6.2C2H6/c1-10(2)19-9-12-13(15)7-11(8-14(12)16)18-6-4-5-17-3;1-6-10(2)14(3)11-7-8-12(15-4)13(9-11)16-5;7-6-4-2-1-3-5-6;1-3-2;2*1-2/h7-8,17H,1,4-6,9H2,2-3H3;6-9H,1-5H3;1-5H;3H,1H2,2H3;2*1-2H3/b;10-6+;;;;. The number of nitrogens with zero attached hydrogens (tertiary/aromatic N) is 1. The number of allylic oxidation sites excluding steroid dienone is 4. The molecule has 0 unspecified atom stereocenters. The van der Waals surface area contributed by atoms with Crippen molar-refractivity contribution in [1.82, 2.24) is 5.32 Å². The molecule has 0 radical (unpaired) electrons. The van der Waals surface area contributed by atoms with Crippen LogP contribution < -0.4 is 24.4 Å². The summed E-state index contributed by atoms with van der Waals surface area (Å²) in [6, 6.07) is 16.3. The van der Waals surface area contributed by atoms with Crippen molar-refractivity contribution in [3.8, 4) is 17.2 Å². The molecule has 3 aromatic rings. The van der Waals surface area contributed by atoms with Gasteiger partial charge in [-0.3, -0.25) is 0 Å². The van der Waals surface area contributed by atoms with Crippen molar-refractivity contribution in [2.75, 3.05) is 46.4 Å². The monoisotopic (exact) mass is 706 g/mol. The van der Waals surface area contributed by atoms with Crippen molar-refractivity contribution in [2.45, 2.75) is 67.6 Å². The Hall–Kier alpha value is -3.82. The van der Waals surface area contributed by atoms with Gasteiger partial charge in [0.1, 0.15) is 23.2 Å². The van der Waals surface area contributed by atoms with Crippen LogP contribution in [0.4, 0.5) is 18.9 Å². The van der Waals surface area contributed by atoms with Crippen molar-refractivity contribution < 1.29 is 27.4 Å². The zero-order chi connectivity index (χ0) is 38.2. The Bertz CT molecular complexity index is 1280. The minimum atomic E-state index is -0.572. The van der Waals surface area contributed by atoms with Crippen LogP contribution in [0.5, 0.6) is 17.2 Å². The lowest BCUT2D eigenvalue weighted by Crippen LogP contribution is -2.13. The van der Waals surface area contributed by atoms with E-state index in [2.05, 4.69) is 36.4 Å². The van der Waals surface area contributed by atoms with Gasteiger partial charge in [-0.15, -0.1) is 18.3 Å². The lowest BCUT2D eigenvalue weighted by Gasteiger charge is -2.21. The van der Waals surface area contributed by atoms with Crippen molar-refractivity contribution in [3.63, 3.8) is 0 Å². The first-order valence-electron chi connectivity index (χ1n) is 16.4. The first-order valence-corrected chi connectivity index (χ1v) is 17.4. The van der Waals surface area contributed by atoms with Gasteiger partial charge in [0, 0.05) is 47.9 Å². The molecule has 0 spiro atoms. The van der Waals surface area contributed by atoms with E-state index < -0.39 is 11.6 Å². The van der Waals surface area contributed by atoms with Gasteiger partial charge in [-0.25, -0.2) is 13.2 Å². The highest BCUT2D eigenvalue weighted by atomic mass is 32.2. The molecule has 0 fully saturated rings. The second kappa shape index (κ2) is 32.7. The summed E-state index contributed by atoms with van der Waals surface area (Å²) in [6.07, 6.45) is 4.60. The Kier molecular flexibility index (Phi) is 33.1. The first-order chi connectivity index (χ1) is 23.5. The van der Waals surface area contributed by atoms with Crippen molar-refractivity contribution >= 4 is 17.4 Å². The van der Waals surface area contributed by atoms with E-state index in [1.807, 2.05) is 73.8 Å². The number of benzene rings is 3. The molecule has 0 saturated carbocycles. The smallest absolute Gasteiger partial charge is 0.162 e. The minimum absolute atomic E-state index is 0.0653. The van der Waals surface area contributed by atoms with E-state index in [0.717, 1.165) is 35.1 Å². The molecule has 0 heterocycles. The lowest BCUT2D eigenvalue weighted by atomic mass is 10.2. The highest BCUT2D eigenvalue weighted by Gasteiger charge is 2.12. The summed E-state index contributed by atoms with van der Waals surface area (Å²) < 4.78 is 55.2. The van der Waals surface area contributed by atoms with Gasteiger partial charge in [0.15, 0.2) is 11.5 Å². The number of hydrogen-bond donors (Lipinski definition) is 1. The van der Waals surface area contributed by atoms with Crippen molar-refractivity contribution in [3.05, 3.63) is 120 Å². The molecule has 0 aliphatic carbocycles. The number of ether oxygens (including phenoxy) is 3. The molecule has 3 rings (SSSR count). The zero-order valence-corrected chi connectivity index (χ0v) is 32.7. The maximum absolute atomic E-state index is 13.8. The average molecular weight is 707 g/mol. The topological polar surface area (TPSA) is 43.0 Å². The molecule has 0 aliphatic rings. The van der Waals surface area contributed by atoms with Crippen molar-refractivity contribution in [2.24, 2.45) is 0 Å². The van der Waals surface area contributed by atoms with Gasteiger partial charge < -0.3 is 24.4 Å². The Morgan fingerprint density at radius 2 is 1.41 bits per heavy atom. The fraction of sp³-hybridized carbons (Fsp3) is 0.400. The normalized spacial score (nSPS) is 9.49. The number of rotatable bonds is 12. The van der Waals surface area contributed by atoms with Crippen molar-refractivity contribution in [1.29, 1.82) is 0 Å². The first kappa shape index (κ1) is 49.6. The largest absolute Gasteiger partial charge is 0.493 e. The predicted octanol–water partition coefficient (Wildman–Crippen LogP) is 11.9. The minimum Gasteiger partial charge on any atom is -0.493 e. The number of thioether (sulfide) groups is 1. The van der Waals surface area contributed by atoms with E-state index in [4.69, 9.17) is 14.2 Å². The van der Waals surface area contributed by atoms with Gasteiger partial charge in [-0.2, -0.15) is 0 Å². The van der Waals surface area contributed by atoms with E-state index in [1.54, 1.807) is 45.4 Å². The molecule has 3 aromatic carbocycles. The van der Waals surface area contributed by atoms with Crippen LogP contribution in [0.1, 0.15) is 67.4 Å². The fourth-order valence-corrected chi connectivity index (χ4v) is 3.95. The maximum Gasteiger partial charge on any atom is 0.162 e. The Labute approximate surface area is 300 Å². The highest BCUT2D eigenvalue weighted by molar-refractivity contribution is 8.02. The van der Waals surface area contributed by atoms with E-state index in [-0.39, 0.29) is 22.9 Å². The summed E-state index contributed by atoms with van der Waals surface area (Å²) in [5, 5.41) is 2.97. The van der Waals surface area contributed by atoms with E-state index in [9.17, 15) is 13.2 Å². The molecule has 0 aromatic heterocycles. The molecule has 9 heteroatoms. The molecule has 1 N–H and O–H groups in total. The fourth-order valence-electron chi connectivity index (χ4n) is 3.28. The second-order valence-corrected chi connectivity index (χ2v) is 10.7. The van der Waals surface area contributed by atoms with Crippen LogP contribution in [0.25, 0.3) is 0 Å². The van der Waals surface area contributed by atoms with Crippen LogP contribution >= 0.6 is 11.8 Å². The Balaban J connectivity index is -0.000000631. The zero-order valence-electron chi connectivity index (χ0n) is 31.9. The van der Waals surface area contributed by atoms with Crippen LogP contribution in [0.2, 0.25) is 0 Å². The number of hydrogen-bond acceptors (Lipinski definition) is 6. The number of methoxy groups -OCH3 is 2. The third-order valence-corrected chi connectivity index (χ3v) is 6.78. The SMILES string of the molecule is C/C=C(\C)N(C)c1ccc(OC)c(OC)c1.C=C(C)SCc1c(F)cc(OCCCNC)cc1F.C=CC.CC.CC.Fc1ccccc1. The molecule has 0 bridgehead atoms. The van der Waals surface area contributed by atoms with Gasteiger partial charge in [0.2, 0.25) is 0 Å². The summed E-state index contributed by atoms with van der Waals surface area (Å²) in [4.78, 5) is 2.92. The summed E-state index contributed by atoms with van der Waals surface area (Å²) in [5.41, 5.74) is 2.33. The van der Waals surface area contributed by atoms with Crippen LogP contribution in [-0.4, -0.2) is 41.5 Å². The van der Waals surface area contributed by atoms with Gasteiger partial charge >= 0.3 is 0 Å². The molecule has 49 heavy (non-hydrogen) atoms. The summed E-state index contributed by atoms with van der Waals surface area (Å²) in [5.74, 6) is 0.647. The van der Waals surface area contributed by atoms with Crippen LogP contribution in [0.15, 0.2) is 96.6 Å². The number of anilines is 1. The average Bonchev–Trinajstić information content (AvgIpc) is 3.11. The highest BCUT2D eigenvalue weighted by Crippen LogP contribution is 2.32. The van der Waals surface area contributed by atoms with Gasteiger partial charge in [-0.05, 0) is 76.9 Å². The second-order valence-electron chi connectivity index (χ2n) is 9.39. The van der Waals surface area contributed by atoms with E-state index in [1.165, 1.54) is 41.7 Å². The predicted molar refractivity (Wildman–Crippen MR) is 209 cm³/mol. The summed E-state index contributed by atoms with van der Waals surface area (Å²) >= 11 is 1.32. The van der Waals surface area contributed by atoms with E-state index >= 15 is 0 Å². The van der Waals surface area contributed by atoms with Gasteiger partial charge in [-0.1, -0.05) is 64.6 Å². The molecule has 5 nitrogen and oxygen atoms in total. The van der Waals surface area contributed by atoms with Crippen LogP contribution in [-0.2, 0) is 5.75 Å². The Morgan fingerprint density at radius 3 is 1.82 bits per heavy atom.